The molecular formula is C19H16ClN3O3S. The van der Waals surface area contributed by atoms with Gasteiger partial charge < -0.3 is 10.1 Å². The van der Waals surface area contributed by atoms with Crippen molar-refractivity contribution < 1.29 is 14.3 Å². The number of carbonyl (C=O) groups excluding carboxylic acids is 2. The molecule has 2 heterocycles. The standard InChI is InChI=1S/C19H16ClN3O3S/c1-12-4-6-13(7-5-12)22-16(24)9-17-23-14(11-27-17)10-26-19(25)15-3-2-8-21-18(15)20/h2-8,11H,9-10H2,1H3,(H,22,24). The number of amides is 1. The fourth-order valence-electron chi connectivity index (χ4n) is 2.23. The van der Waals surface area contributed by atoms with Crippen molar-refractivity contribution in [3.63, 3.8) is 0 Å². The Kier molecular flexibility index (Phi) is 6.16. The minimum Gasteiger partial charge on any atom is -0.455 e. The molecule has 0 unspecified atom stereocenters. The number of thiazole rings is 1. The molecule has 0 bridgehead atoms. The van der Waals surface area contributed by atoms with Gasteiger partial charge in [0.15, 0.2) is 0 Å². The molecule has 1 amide bonds. The number of ether oxygens (including phenoxy) is 1. The Morgan fingerprint density at radius 1 is 1.22 bits per heavy atom. The fraction of sp³-hybridized carbons (Fsp3) is 0.158. The van der Waals surface area contributed by atoms with E-state index < -0.39 is 5.97 Å². The Morgan fingerprint density at radius 2 is 2.00 bits per heavy atom. The van der Waals surface area contributed by atoms with Crippen molar-refractivity contribution in [1.82, 2.24) is 9.97 Å². The molecule has 0 saturated heterocycles. The van der Waals surface area contributed by atoms with Gasteiger partial charge >= 0.3 is 5.97 Å². The van der Waals surface area contributed by atoms with E-state index in [0.717, 1.165) is 11.3 Å². The first-order valence-corrected chi connectivity index (χ1v) is 9.34. The molecule has 1 aromatic carbocycles. The third kappa shape index (κ3) is 5.35. The van der Waals surface area contributed by atoms with Gasteiger partial charge in [0.25, 0.3) is 0 Å². The van der Waals surface area contributed by atoms with Crippen LogP contribution in [0.2, 0.25) is 5.15 Å². The van der Waals surface area contributed by atoms with E-state index in [2.05, 4.69) is 15.3 Å². The van der Waals surface area contributed by atoms with Crippen molar-refractivity contribution in [2.24, 2.45) is 0 Å². The molecule has 0 fully saturated rings. The van der Waals surface area contributed by atoms with E-state index in [0.29, 0.717) is 10.7 Å². The van der Waals surface area contributed by atoms with Crippen LogP contribution in [0.1, 0.15) is 26.6 Å². The van der Waals surface area contributed by atoms with Crippen molar-refractivity contribution in [2.75, 3.05) is 5.32 Å². The van der Waals surface area contributed by atoms with Crippen LogP contribution in [0.4, 0.5) is 5.69 Å². The van der Waals surface area contributed by atoms with Crippen LogP contribution in [0.5, 0.6) is 0 Å². The van der Waals surface area contributed by atoms with Crippen LogP contribution >= 0.6 is 22.9 Å². The molecule has 0 atom stereocenters. The summed E-state index contributed by atoms with van der Waals surface area (Å²) in [4.78, 5) is 32.3. The Morgan fingerprint density at radius 3 is 2.74 bits per heavy atom. The van der Waals surface area contributed by atoms with E-state index in [-0.39, 0.29) is 29.7 Å². The maximum atomic E-state index is 12.1. The molecule has 3 rings (SSSR count). The first-order valence-electron chi connectivity index (χ1n) is 8.08. The van der Waals surface area contributed by atoms with Gasteiger partial charge in [-0.3, -0.25) is 4.79 Å². The van der Waals surface area contributed by atoms with Gasteiger partial charge in [0.2, 0.25) is 5.91 Å². The Bertz CT molecular complexity index is 957. The number of halogens is 1. The highest BCUT2D eigenvalue weighted by Crippen LogP contribution is 2.16. The molecule has 0 aliphatic rings. The SMILES string of the molecule is Cc1ccc(NC(=O)Cc2nc(COC(=O)c3cccnc3Cl)cs2)cc1. The smallest absolute Gasteiger partial charge is 0.341 e. The number of pyridine rings is 1. The van der Waals surface area contributed by atoms with Gasteiger partial charge in [-0.25, -0.2) is 14.8 Å². The summed E-state index contributed by atoms with van der Waals surface area (Å²) < 4.78 is 5.20. The second kappa shape index (κ2) is 8.75. The van der Waals surface area contributed by atoms with E-state index in [1.165, 1.54) is 17.5 Å². The summed E-state index contributed by atoms with van der Waals surface area (Å²) in [5, 5.41) is 5.32. The number of aryl methyl sites for hydroxylation is 1. The second-order valence-corrected chi connectivity index (χ2v) is 7.04. The van der Waals surface area contributed by atoms with Crippen LogP contribution in [0.25, 0.3) is 0 Å². The van der Waals surface area contributed by atoms with Crippen molar-refractivity contribution >= 4 is 40.5 Å². The highest BCUT2D eigenvalue weighted by atomic mass is 35.5. The van der Waals surface area contributed by atoms with E-state index in [9.17, 15) is 9.59 Å². The molecule has 6 nitrogen and oxygen atoms in total. The number of esters is 1. The second-order valence-electron chi connectivity index (χ2n) is 5.74. The predicted octanol–water partition coefficient (Wildman–Crippen LogP) is 4.04. The average molecular weight is 402 g/mol. The number of nitrogens with zero attached hydrogens (tertiary/aromatic N) is 2. The number of hydrogen-bond donors (Lipinski definition) is 1. The summed E-state index contributed by atoms with van der Waals surface area (Å²) in [6.45, 7) is 1.98. The van der Waals surface area contributed by atoms with Gasteiger partial charge in [0.1, 0.15) is 16.8 Å². The third-order valence-electron chi connectivity index (χ3n) is 3.58. The van der Waals surface area contributed by atoms with E-state index >= 15 is 0 Å². The van der Waals surface area contributed by atoms with Crippen LogP contribution < -0.4 is 5.32 Å². The van der Waals surface area contributed by atoms with E-state index in [1.807, 2.05) is 31.2 Å². The predicted molar refractivity (Wildman–Crippen MR) is 104 cm³/mol. The summed E-state index contributed by atoms with van der Waals surface area (Å²) in [5.74, 6) is -0.723. The van der Waals surface area contributed by atoms with Gasteiger partial charge in [-0.15, -0.1) is 11.3 Å². The summed E-state index contributed by atoms with van der Waals surface area (Å²) in [6, 6.07) is 10.7. The number of benzene rings is 1. The van der Waals surface area contributed by atoms with Crippen molar-refractivity contribution in [3.05, 3.63) is 75.0 Å². The van der Waals surface area contributed by atoms with Crippen LogP contribution in [0.3, 0.4) is 0 Å². The first-order chi connectivity index (χ1) is 13.0. The maximum absolute atomic E-state index is 12.1. The number of rotatable bonds is 6. The molecule has 138 valence electrons. The normalized spacial score (nSPS) is 10.4. The first kappa shape index (κ1) is 19.0. The highest BCUT2D eigenvalue weighted by Gasteiger charge is 2.14. The van der Waals surface area contributed by atoms with Crippen LogP contribution in [-0.4, -0.2) is 21.8 Å². The number of hydrogen-bond acceptors (Lipinski definition) is 6. The quantitative estimate of drug-likeness (QED) is 0.498. The lowest BCUT2D eigenvalue weighted by Crippen LogP contribution is -2.14. The zero-order valence-electron chi connectivity index (χ0n) is 14.4. The van der Waals surface area contributed by atoms with Crippen molar-refractivity contribution in [3.8, 4) is 0 Å². The minimum atomic E-state index is -0.570. The summed E-state index contributed by atoms with van der Waals surface area (Å²) in [7, 11) is 0. The lowest BCUT2D eigenvalue weighted by Gasteiger charge is -2.04. The lowest BCUT2D eigenvalue weighted by molar-refractivity contribution is -0.115. The van der Waals surface area contributed by atoms with Crippen LogP contribution in [-0.2, 0) is 22.6 Å². The number of aromatic nitrogens is 2. The molecule has 1 N–H and O–H groups in total. The molecule has 2 aromatic heterocycles. The van der Waals surface area contributed by atoms with Gasteiger partial charge in [0.05, 0.1) is 17.7 Å². The summed E-state index contributed by atoms with van der Waals surface area (Å²) in [6.07, 6.45) is 1.65. The zero-order valence-corrected chi connectivity index (χ0v) is 16.0. The fourth-order valence-corrected chi connectivity index (χ4v) is 3.21. The van der Waals surface area contributed by atoms with Gasteiger partial charge in [-0.1, -0.05) is 29.3 Å². The Hall–Kier alpha value is -2.77. The largest absolute Gasteiger partial charge is 0.455 e. The van der Waals surface area contributed by atoms with Crippen LogP contribution in [0.15, 0.2) is 48.0 Å². The number of anilines is 1. The molecule has 0 aliphatic heterocycles. The maximum Gasteiger partial charge on any atom is 0.341 e. The zero-order chi connectivity index (χ0) is 19.2. The van der Waals surface area contributed by atoms with Gasteiger partial charge in [-0.05, 0) is 31.2 Å². The highest BCUT2D eigenvalue weighted by molar-refractivity contribution is 7.09. The third-order valence-corrected chi connectivity index (χ3v) is 4.78. The Labute approximate surface area is 165 Å². The van der Waals surface area contributed by atoms with E-state index in [4.69, 9.17) is 16.3 Å². The minimum absolute atomic E-state index is 0.000137. The molecule has 0 saturated carbocycles. The van der Waals surface area contributed by atoms with Gasteiger partial charge in [0, 0.05) is 17.3 Å². The van der Waals surface area contributed by atoms with Crippen molar-refractivity contribution in [2.45, 2.75) is 20.0 Å². The monoisotopic (exact) mass is 401 g/mol. The van der Waals surface area contributed by atoms with E-state index in [1.54, 1.807) is 17.5 Å². The number of nitrogens with one attached hydrogen (secondary N) is 1. The molecule has 3 aromatic rings. The summed E-state index contributed by atoms with van der Waals surface area (Å²) >= 11 is 7.21. The Balaban J connectivity index is 1.52. The number of carbonyl (C=O) groups is 2. The molecule has 8 heteroatoms. The van der Waals surface area contributed by atoms with Crippen molar-refractivity contribution in [1.29, 1.82) is 0 Å². The molecule has 0 aliphatic carbocycles. The van der Waals surface area contributed by atoms with Crippen LogP contribution in [0, 0.1) is 6.92 Å². The molecule has 0 radical (unpaired) electrons. The summed E-state index contributed by atoms with van der Waals surface area (Å²) in [5.41, 5.74) is 2.64. The lowest BCUT2D eigenvalue weighted by atomic mass is 10.2. The average Bonchev–Trinajstić information content (AvgIpc) is 3.09. The molecular weight excluding hydrogens is 386 g/mol. The van der Waals surface area contributed by atoms with Gasteiger partial charge in [-0.2, -0.15) is 0 Å². The molecule has 0 spiro atoms. The topological polar surface area (TPSA) is 81.2 Å². The molecule has 27 heavy (non-hydrogen) atoms.